The van der Waals surface area contributed by atoms with E-state index in [-0.39, 0.29) is 32.7 Å². The summed E-state index contributed by atoms with van der Waals surface area (Å²) in [4.78, 5) is 0. The van der Waals surface area contributed by atoms with Crippen LogP contribution in [0.3, 0.4) is 0 Å². The minimum Gasteiger partial charge on any atom is -0.346 e. The maximum atomic E-state index is 3.25. The third-order valence-electron chi connectivity index (χ3n) is 0.556. The van der Waals surface area contributed by atoms with Gasteiger partial charge in [0.25, 0.3) is 0 Å². The standard InChI is InChI=1S/C5H5.C2H5.Y/c1-2-4-5-3-1;1-2;/h1-5H;1H2,2H3;/q2*-1;. The SMILES string of the molecule is [CH2-]C.[Y].c1cc[cH-]c1. The van der Waals surface area contributed by atoms with Crippen molar-refractivity contribution in [2.45, 2.75) is 6.92 Å². The Morgan fingerprint density at radius 2 is 1.50 bits per heavy atom. The van der Waals surface area contributed by atoms with E-state index in [1.54, 1.807) is 6.92 Å². The molecule has 0 atom stereocenters. The van der Waals surface area contributed by atoms with Gasteiger partial charge in [-0.25, -0.2) is 12.1 Å². The fraction of sp³-hybridized carbons (Fsp3) is 0.143. The molecule has 0 aliphatic carbocycles. The van der Waals surface area contributed by atoms with Crippen molar-refractivity contribution < 1.29 is 32.7 Å². The van der Waals surface area contributed by atoms with Gasteiger partial charge in [0, 0.05) is 32.7 Å². The van der Waals surface area contributed by atoms with Gasteiger partial charge in [0.1, 0.15) is 0 Å². The van der Waals surface area contributed by atoms with Gasteiger partial charge in [-0.15, -0.1) is 0 Å². The number of hydrogen-bond donors (Lipinski definition) is 0. The third-order valence-corrected chi connectivity index (χ3v) is 0.556. The largest absolute Gasteiger partial charge is 0.346 e. The van der Waals surface area contributed by atoms with E-state index in [2.05, 4.69) is 6.92 Å². The molecule has 0 spiro atoms. The molecule has 0 aliphatic rings. The van der Waals surface area contributed by atoms with E-state index in [1.807, 2.05) is 30.3 Å². The van der Waals surface area contributed by atoms with Gasteiger partial charge in [0.2, 0.25) is 0 Å². The van der Waals surface area contributed by atoms with Gasteiger partial charge < -0.3 is 6.92 Å². The molecule has 1 heteroatoms. The fourth-order valence-electron chi connectivity index (χ4n) is 0.321. The van der Waals surface area contributed by atoms with Crippen molar-refractivity contribution in [3.05, 3.63) is 37.3 Å². The number of rotatable bonds is 0. The average Bonchev–Trinajstić information content (AvgIpc) is 2.23. The van der Waals surface area contributed by atoms with Crippen LogP contribution in [0.5, 0.6) is 0 Å². The van der Waals surface area contributed by atoms with Gasteiger partial charge in [-0.1, -0.05) is 0 Å². The molecule has 0 saturated carbocycles. The van der Waals surface area contributed by atoms with Gasteiger partial charge in [0.15, 0.2) is 0 Å². The second-order valence-corrected chi connectivity index (χ2v) is 0.962. The first-order valence-electron chi connectivity index (χ1n) is 2.37. The molecule has 0 heterocycles. The van der Waals surface area contributed by atoms with Crippen LogP contribution in [0.25, 0.3) is 0 Å². The van der Waals surface area contributed by atoms with E-state index in [0.29, 0.717) is 0 Å². The molecule has 1 aromatic carbocycles. The third kappa shape index (κ3) is 6.45. The molecule has 0 unspecified atom stereocenters. The van der Waals surface area contributed by atoms with Crippen LogP contribution in [-0.4, -0.2) is 0 Å². The summed E-state index contributed by atoms with van der Waals surface area (Å²) >= 11 is 0. The van der Waals surface area contributed by atoms with Crippen molar-refractivity contribution in [3.8, 4) is 0 Å². The molecule has 0 N–H and O–H groups in total. The number of hydrogen-bond acceptors (Lipinski definition) is 0. The van der Waals surface area contributed by atoms with Crippen molar-refractivity contribution >= 4 is 0 Å². The van der Waals surface area contributed by atoms with Crippen LogP contribution in [0.2, 0.25) is 0 Å². The zero-order chi connectivity index (χ0) is 5.54. The van der Waals surface area contributed by atoms with E-state index >= 15 is 0 Å². The molecule has 1 aromatic rings. The molecule has 0 amide bonds. The van der Waals surface area contributed by atoms with E-state index in [0.717, 1.165) is 0 Å². The van der Waals surface area contributed by atoms with Crippen molar-refractivity contribution in [2.75, 3.05) is 0 Å². The Balaban J connectivity index is 0. The Hall–Kier alpha value is 0.454. The monoisotopic (exact) mass is 183 g/mol. The molecule has 0 bridgehead atoms. The van der Waals surface area contributed by atoms with Crippen LogP contribution in [0.4, 0.5) is 0 Å². The zero-order valence-electron chi connectivity index (χ0n) is 5.17. The second-order valence-electron chi connectivity index (χ2n) is 0.962. The summed E-state index contributed by atoms with van der Waals surface area (Å²) in [6.07, 6.45) is 0. The van der Waals surface area contributed by atoms with E-state index in [9.17, 15) is 0 Å². The van der Waals surface area contributed by atoms with Crippen molar-refractivity contribution in [1.29, 1.82) is 0 Å². The second kappa shape index (κ2) is 10.4. The van der Waals surface area contributed by atoms with Gasteiger partial charge in [0.05, 0.1) is 0 Å². The van der Waals surface area contributed by atoms with Crippen molar-refractivity contribution in [3.63, 3.8) is 0 Å². The van der Waals surface area contributed by atoms with Crippen molar-refractivity contribution in [1.82, 2.24) is 0 Å². The minimum atomic E-state index is 0. The Bertz CT molecular complexity index is 60.9. The van der Waals surface area contributed by atoms with Crippen LogP contribution in [0.15, 0.2) is 30.3 Å². The van der Waals surface area contributed by atoms with E-state index < -0.39 is 0 Å². The van der Waals surface area contributed by atoms with Gasteiger partial charge in [-0.3, -0.25) is 0 Å². The summed E-state index contributed by atoms with van der Waals surface area (Å²) in [6.45, 7) is 5.00. The van der Waals surface area contributed by atoms with E-state index in [1.165, 1.54) is 0 Å². The summed E-state index contributed by atoms with van der Waals surface area (Å²) in [7, 11) is 0. The molecular weight excluding hydrogens is 173 g/mol. The molecule has 8 heavy (non-hydrogen) atoms. The normalized spacial score (nSPS) is 5.75. The van der Waals surface area contributed by atoms with Gasteiger partial charge >= 0.3 is 0 Å². The fourth-order valence-corrected chi connectivity index (χ4v) is 0.321. The topological polar surface area (TPSA) is 0 Å². The smallest absolute Gasteiger partial charge is 0 e. The Labute approximate surface area is 76.5 Å². The molecule has 0 aromatic heterocycles. The average molecular weight is 183 g/mol. The van der Waals surface area contributed by atoms with Crippen LogP contribution in [-0.2, 0) is 32.7 Å². The quantitative estimate of drug-likeness (QED) is 0.541. The molecule has 1 rings (SSSR count). The van der Waals surface area contributed by atoms with Crippen LogP contribution in [0, 0.1) is 6.92 Å². The summed E-state index contributed by atoms with van der Waals surface area (Å²) in [5.41, 5.74) is 0. The minimum absolute atomic E-state index is 0. The maximum Gasteiger partial charge on any atom is 0 e. The van der Waals surface area contributed by atoms with Crippen LogP contribution >= 0.6 is 0 Å². The first-order valence-corrected chi connectivity index (χ1v) is 2.37. The molecule has 0 aliphatic heterocycles. The molecule has 1 radical (unpaired) electrons. The van der Waals surface area contributed by atoms with Crippen molar-refractivity contribution in [2.24, 2.45) is 0 Å². The predicted octanol–water partition coefficient (Wildman–Crippen LogP) is 2.24. The first-order chi connectivity index (χ1) is 3.50. The summed E-state index contributed by atoms with van der Waals surface area (Å²) in [6, 6.07) is 10.0. The summed E-state index contributed by atoms with van der Waals surface area (Å²) in [5.74, 6) is 0. The molecular formula is C7H10Y-2. The Kier molecular flexibility index (Phi) is 14.7. The summed E-state index contributed by atoms with van der Waals surface area (Å²) < 4.78 is 0. The molecule has 0 saturated heterocycles. The molecule has 0 fully saturated rings. The van der Waals surface area contributed by atoms with E-state index in [4.69, 9.17) is 0 Å². The maximum absolute atomic E-state index is 3.25. The Morgan fingerprint density at radius 1 is 1.12 bits per heavy atom. The van der Waals surface area contributed by atoms with Gasteiger partial charge in [-0.2, -0.15) is 25.1 Å². The summed E-state index contributed by atoms with van der Waals surface area (Å²) in [5, 5.41) is 0. The van der Waals surface area contributed by atoms with Crippen LogP contribution < -0.4 is 0 Å². The zero-order valence-corrected chi connectivity index (χ0v) is 8.01. The Morgan fingerprint density at radius 3 is 1.62 bits per heavy atom. The first kappa shape index (κ1) is 11.3. The predicted molar refractivity (Wildman–Crippen MR) is 33.1 cm³/mol. The van der Waals surface area contributed by atoms with Gasteiger partial charge in [-0.05, 0) is 0 Å². The molecule has 0 nitrogen and oxygen atoms in total. The molecule has 43 valence electrons. The van der Waals surface area contributed by atoms with Crippen LogP contribution in [0.1, 0.15) is 6.92 Å².